The molecule has 0 saturated heterocycles. The number of furan rings is 1. The number of allylic oxidation sites excluding steroid dienone is 1. The van der Waals surface area contributed by atoms with Crippen LogP contribution in [0.2, 0.25) is 0 Å². The molecule has 1 amide bonds. The first-order valence-electron chi connectivity index (χ1n) is 7.36. The molecule has 1 aromatic carbocycles. The first-order chi connectivity index (χ1) is 11.8. The van der Waals surface area contributed by atoms with E-state index in [-0.39, 0.29) is 11.2 Å². The molecule has 0 bridgehead atoms. The molecule has 2 heterocycles. The van der Waals surface area contributed by atoms with Crippen LogP contribution in [-0.4, -0.2) is 26.3 Å². The molecule has 0 aliphatic carbocycles. The number of hydrogen-bond donors (Lipinski definition) is 2. The van der Waals surface area contributed by atoms with E-state index in [0.29, 0.717) is 23.2 Å². The van der Waals surface area contributed by atoms with Crippen LogP contribution in [-0.2, 0) is 4.79 Å². The van der Waals surface area contributed by atoms with Crippen molar-refractivity contribution in [1.82, 2.24) is 15.2 Å². The van der Waals surface area contributed by atoms with Crippen molar-refractivity contribution in [2.75, 3.05) is 5.32 Å². The summed E-state index contributed by atoms with van der Waals surface area (Å²) in [5, 5.41) is 9.95. The van der Waals surface area contributed by atoms with Gasteiger partial charge in [0.25, 0.3) is 0 Å². The minimum atomic E-state index is -0.372. The van der Waals surface area contributed by atoms with E-state index in [9.17, 15) is 4.79 Å². The van der Waals surface area contributed by atoms with Crippen molar-refractivity contribution in [1.29, 1.82) is 0 Å². The molecule has 24 heavy (non-hydrogen) atoms. The first-order valence-corrected chi connectivity index (χ1v) is 8.24. The molecule has 1 unspecified atom stereocenters. The Morgan fingerprint density at radius 2 is 2.17 bits per heavy atom. The standard InChI is InChI=1S/C17H16N4O2S/c1-2-7-14(16(22)18-12-8-4-3-5-9-12)24-17-19-15(20-21-17)13-10-6-11-23-13/h2-6,8-11,14H,1,7H2,(H,18,22)(H,19,20,21). The Morgan fingerprint density at radius 3 is 2.88 bits per heavy atom. The van der Waals surface area contributed by atoms with Gasteiger partial charge in [0.15, 0.2) is 11.6 Å². The van der Waals surface area contributed by atoms with Crippen LogP contribution >= 0.6 is 11.8 Å². The molecule has 0 saturated carbocycles. The topological polar surface area (TPSA) is 83.8 Å². The maximum Gasteiger partial charge on any atom is 0.238 e. The highest BCUT2D eigenvalue weighted by atomic mass is 32.2. The second-order valence-corrected chi connectivity index (χ2v) is 6.10. The fraction of sp³-hybridized carbons (Fsp3) is 0.118. The zero-order chi connectivity index (χ0) is 16.8. The maximum atomic E-state index is 12.5. The van der Waals surface area contributed by atoms with Crippen molar-refractivity contribution in [2.24, 2.45) is 0 Å². The number of anilines is 1. The quantitative estimate of drug-likeness (QED) is 0.505. The lowest BCUT2D eigenvalue weighted by atomic mass is 10.2. The van der Waals surface area contributed by atoms with Gasteiger partial charge in [-0.05, 0) is 30.7 Å². The van der Waals surface area contributed by atoms with Gasteiger partial charge >= 0.3 is 0 Å². The fourth-order valence-corrected chi connectivity index (χ4v) is 2.95. The van der Waals surface area contributed by atoms with E-state index in [1.165, 1.54) is 11.8 Å². The predicted octanol–water partition coefficient (Wildman–Crippen LogP) is 3.74. The summed E-state index contributed by atoms with van der Waals surface area (Å²) >= 11 is 1.28. The van der Waals surface area contributed by atoms with Crippen molar-refractivity contribution in [3.63, 3.8) is 0 Å². The van der Waals surface area contributed by atoms with E-state index in [1.54, 1.807) is 24.5 Å². The number of rotatable bonds is 7. The van der Waals surface area contributed by atoms with Gasteiger partial charge in [-0.2, -0.15) is 4.98 Å². The number of H-pyrrole nitrogens is 1. The molecule has 3 rings (SSSR count). The number of amides is 1. The van der Waals surface area contributed by atoms with Gasteiger partial charge in [0.2, 0.25) is 11.1 Å². The van der Waals surface area contributed by atoms with Gasteiger partial charge in [0, 0.05) is 5.69 Å². The molecule has 0 aliphatic heterocycles. The third-order valence-corrected chi connectivity index (χ3v) is 4.27. The predicted molar refractivity (Wildman–Crippen MR) is 93.6 cm³/mol. The minimum absolute atomic E-state index is 0.115. The van der Waals surface area contributed by atoms with Gasteiger partial charge < -0.3 is 9.73 Å². The van der Waals surface area contributed by atoms with Crippen LogP contribution in [0, 0.1) is 0 Å². The maximum absolute atomic E-state index is 12.5. The molecule has 0 radical (unpaired) electrons. The molecule has 0 aliphatic rings. The van der Waals surface area contributed by atoms with Gasteiger partial charge in [-0.3, -0.25) is 9.89 Å². The van der Waals surface area contributed by atoms with Crippen LogP contribution < -0.4 is 5.32 Å². The van der Waals surface area contributed by atoms with Crippen LogP contribution in [0.1, 0.15) is 6.42 Å². The zero-order valence-electron chi connectivity index (χ0n) is 12.8. The number of thioether (sulfide) groups is 1. The zero-order valence-corrected chi connectivity index (χ0v) is 13.6. The Morgan fingerprint density at radius 1 is 1.33 bits per heavy atom. The largest absolute Gasteiger partial charge is 0.461 e. The molecule has 7 heteroatoms. The van der Waals surface area contributed by atoms with Gasteiger partial charge in [0.05, 0.1) is 11.5 Å². The number of aromatic nitrogens is 3. The molecule has 0 fully saturated rings. The Labute approximate surface area is 143 Å². The highest BCUT2D eigenvalue weighted by molar-refractivity contribution is 8.00. The van der Waals surface area contributed by atoms with Gasteiger partial charge in [0.1, 0.15) is 0 Å². The fourth-order valence-electron chi connectivity index (χ4n) is 2.05. The van der Waals surface area contributed by atoms with Crippen molar-refractivity contribution in [2.45, 2.75) is 16.8 Å². The third kappa shape index (κ3) is 3.94. The summed E-state index contributed by atoms with van der Waals surface area (Å²) in [6.45, 7) is 3.72. The molecule has 2 N–H and O–H groups in total. The van der Waals surface area contributed by atoms with Gasteiger partial charge in [-0.15, -0.1) is 11.7 Å². The Balaban J connectivity index is 1.69. The highest BCUT2D eigenvalue weighted by Gasteiger charge is 2.21. The van der Waals surface area contributed by atoms with E-state index in [2.05, 4.69) is 27.1 Å². The number of nitrogens with one attached hydrogen (secondary N) is 2. The van der Waals surface area contributed by atoms with Gasteiger partial charge in [-0.1, -0.05) is 36.0 Å². The number of carbonyl (C=O) groups excluding carboxylic acids is 1. The van der Waals surface area contributed by atoms with Crippen molar-refractivity contribution < 1.29 is 9.21 Å². The second-order valence-electron chi connectivity index (χ2n) is 4.93. The van der Waals surface area contributed by atoms with E-state index in [0.717, 1.165) is 5.69 Å². The van der Waals surface area contributed by atoms with Crippen LogP contribution in [0.15, 0.2) is 71.0 Å². The summed E-state index contributed by atoms with van der Waals surface area (Å²) in [6.07, 6.45) is 3.79. The smallest absolute Gasteiger partial charge is 0.238 e. The summed E-state index contributed by atoms with van der Waals surface area (Å²) < 4.78 is 5.27. The Kier molecular flexibility index (Phi) is 5.12. The third-order valence-electron chi connectivity index (χ3n) is 3.18. The van der Waals surface area contributed by atoms with Crippen LogP contribution in [0.4, 0.5) is 5.69 Å². The Bertz CT molecular complexity index is 799. The summed E-state index contributed by atoms with van der Waals surface area (Å²) in [7, 11) is 0. The number of hydrogen-bond acceptors (Lipinski definition) is 5. The highest BCUT2D eigenvalue weighted by Crippen LogP contribution is 2.26. The van der Waals surface area contributed by atoms with E-state index in [4.69, 9.17) is 4.42 Å². The molecule has 1 atom stereocenters. The Hall–Kier alpha value is -2.80. The SMILES string of the molecule is C=CCC(Sc1n[nH]c(-c2ccco2)n1)C(=O)Nc1ccccc1. The number of carbonyl (C=O) groups is 1. The average Bonchev–Trinajstić information content (AvgIpc) is 3.26. The molecular formula is C17H16N4O2S. The summed E-state index contributed by atoms with van der Waals surface area (Å²) in [6, 6.07) is 12.9. The average molecular weight is 340 g/mol. The summed E-state index contributed by atoms with van der Waals surface area (Å²) in [4.78, 5) is 16.8. The molecule has 6 nitrogen and oxygen atoms in total. The van der Waals surface area contributed by atoms with Crippen molar-refractivity contribution in [3.05, 3.63) is 61.4 Å². The van der Waals surface area contributed by atoms with E-state index >= 15 is 0 Å². The molecule has 3 aromatic rings. The first kappa shape index (κ1) is 16.1. The number of para-hydroxylation sites is 1. The summed E-state index contributed by atoms with van der Waals surface area (Å²) in [5.74, 6) is 1.02. The van der Waals surface area contributed by atoms with E-state index in [1.807, 2.05) is 30.3 Å². The number of nitrogens with zero attached hydrogens (tertiary/aromatic N) is 2. The normalized spacial score (nSPS) is 11.8. The van der Waals surface area contributed by atoms with Gasteiger partial charge in [-0.25, -0.2) is 0 Å². The summed E-state index contributed by atoms with van der Waals surface area (Å²) in [5.41, 5.74) is 0.753. The lowest BCUT2D eigenvalue weighted by Gasteiger charge is -2.13. The van der Waals surface area contributed by atoms with Crippen molar-refractivity contribution in [3.8, 4) is 11.6 Å². The minimum Gasteiger partial charge on any atom is -0.461 e. The van der Waals surface area contributed by atoms with Crippen LogP contribution in [0.25, 0.3) is 11.6 Å². The monoisotopic (exact) mass is 340 g/mol. The lowest BCUT2D eigenvalue weighted by molar-refractivity contribution is -0.115. The van der Waals surface area contributed by atoms with Crippen molar-refractivity contribution >= 4 is 23.4 Å². The van der Waals surface area contributed by atoms with E-state index < -0.39 is 0 Å². The second kappa shape index (κ2) is 7.65. The molecule has 0 spiro atoms. The van der Waals surface area contributed by atoms with Crippen LogP contribution in [0.3, 0.4) is 0 Å². The molecule has 2 aromatic heterocycles. The van der Waals surface area contributed by atoms with Crippen LogP contribution in [0.5, 0.6) is 0 Å². The lowest BCUT2D eigenvalue weighted by Crippen LogP contribution is -2.24. The molecule has 122 valence electrons. The number of aromatic amines is 1. The number of benzene rings is 1. The molecular weight excluding hydrogens is 324 g/mol.